The number of hydrogen-bond acceptors (Lipinski definition) is 4. The monoisotopic (exact) mass is 413 g/mol. The number of hydrogen-bond donors (Lipinski definition) is 2. The molecule has 154 valence electrons. The average Bonchev–Trinajstić information content (AvgIpc) is 3.04. The number of likely N-dealkylation sites (N-methyl/N-ethyl adjacent to an activating group) is 1. The summed E-state index contributed by atoms with van der Waals surface area (Å²) in [5, 5.41) is 8.04. The van der Waals surface area contributed by atoms with Crippen LogP contribution in [0.15, 0.2) is 48.2 Å². The highest BCUT2D eigenvalue weighted by molar-refractivity contribution is 6.33. The first kappa shape index (κ1) is 21.1. The molecule has 1 amide bonds. The lowest BCUT2D eigenvalue weighted by molar-refractivity contribution is -0.117. The number of nitrogens with two attached hydrogens (primary N) is 1. The summed E-state index contributed by atoms with van der Waals surface area (Å²) in [6.45, 7) is 3.52. The number of nitrogens with zero attached hydrogens (tertiary/aromatic N) is 3. The van der Waals surface area contributed by atoms with E-state index in [4.69, 9.17) is 17.3 Å². The Labute approximate surface area is 177 Å². The summed E-state index contributed by atoms with van der Waals surface area (Å²) in [7, 11) is 3.98. The summed E-state index contributed by atoms with van der Waals surface area (Å²) in [6.07, 6.45) is 9.49. The Bertz CT molecular complexity index is 945. The molecule has 29 heavy (non-hydrogen) atoms. The highest BCUT2D eigenvalue weighted by Crippen LogP contribution is 2.27. The summed E-state index contributed by atoms with van der Waals surface area (Å²) in [5.41, 5.74) is 10.3. The van der Waals surface area contributed by atoms with Crippen molar-refractivity contribution in [3.05, 3.63) is 64.5 Å². The Balaban J connectivity index is 1.64. The first-order valence-electron chi connectivity index (χ1n) is 9.74. The van der Waals surface area contributed by atoms with Crippen LogP contribution in [0.5, 0.6) is 0 Å². The zero-order chi connectivity index (χ0) is 21.0. The summed E-state index contributed by atoms with van der Waals surface area (Å²) in [4.78, 5) is 14.5. The molecule has 1 aromatic carbocycles. The fraction of sp³-hybridized carbons (Fsp3) is 0.364. The van der Waals surface area contributed by atoms with Gasteiger partial charge >= 0.3 is 0 Å². The molecule has 1 aliphatic rings. The molecule has 1 heterocycles. The minimum atomic E-state index is 0.0186. The minimum absolute atomic E-state index is 0.0186. The minimum Gasteiger partial charge on any atom is -0.398 e. The molecule has 0 saturated heterocycles. The number of carbonyl (C=O) groups is 1. The second-order valence-corrected chi connectivity index (χ2v) is 8.08. The Morgan fingerprint density at radius 3 is 2.93 bits per heavy atom. The van der Waals surface area contributed by atoms with Crippen LogP contribution in [0, 0.1) is 12.8 Å². The van der Waals surface area contributed by atoms with Gasteiger partial charge in [-0.1, -0.05) is 29.8 Å². The van der Waals surface area contributed by atoms with Crippen LogP contribution in [-0.4, -0.2) is 47.8 Å². The maximum absolute atomic E-state index is 12.4. The maximum Gasteiger partial charge on any atom is 0.247 e. The van der Waals surface area contributed by atoms with Crippen molar-refractivity contribution in [3.8, 4) is 5.69 Å². The van der Waals surface area contributed by atoms with E-state index in [9.17, 15) is 4.79 Å². The lowest BCUT2D eigenvalue weighted by Gasteiger charge is -2.19. The quantitative estimate of drug-likeness (QED) is 0.683. The first-order chi connectivity index (χ1) is 13.8. The van der Waals surface area contributed by atoms with E-state index in [0.717, 1.165) is 41.9 Å². The zero-order valence-corrected chi connectivity index (χ0v) is 17.9. The summed E-state index contributed by atoms with van der Waals surface area (Å²) in [5.74, 6) is 0.283. The number of carbonyl (C=O) groups excluding carboxylic acids is 1. The van der Waals surface area contributed by atoms with Crippen molar-refractivity contribution in [3.63, 3.8) is 0 Å². The fourth-order valence-corrected chi connectivity index (χ4v) is 3.57. The molecule has 1 aromatic heterocycles. The molecule has 0 saturated carbocycles. The van der Waals surface area contributed by atoms with Crippen LogP contribution in [0.4, 0.5) is 5.69 Å². The molecule has 2 aromatic rings. The van der Waals surface area contributed by atoms with Crippen LogP contribution in [0.2, 0.25) is 5.02 Å². The number of nitrogen functional groups attached to an aromatic ring is 1. The van der Waals surface area contributed by atoms with Crippen molar-refractivity contribution in [2.24, 2.45) is 5.92 Å². The van der Waals surface area contributed by atoms with E-state index in [-0.39, 0.29) is 11.8 Å². The maximum atomic E-state index is 12.4. The van der Waals surface area contributed by atoms with Crippen LogP contribution in [-0.2, 0) is 11.2 Å². The Kier molecular flexibility index (Phi) is 6.77. The molecule has 1 atom stereocenters. The molecule has 0 spiro atoms. The van der Waals surface area contributed by atoms with Gasteiger partial charge in [0.1, 0.15) is 0 Å². The smallest absolute Gasteiger partial charge is 0.247 e. The molecule has 0 aliphatic heterocycles. The predicted molar refractivity (Wildman–Crippen MR) is 118 cm³/mol. The molecular weight excluding hydrogens is 386 g/mol. The second-order valence-electron chi connectivity index (χ2n) is 7.68. The third kappa shape index (κ3) is 5.28. The Hall–Kier alpha value is -2.57. The largest absolute Gasteiger partial charge is 0.398 e. The van der Waals surface area contributed by atoms with E-state index in [0.29, 0.717) is 17.3 Å². The molecule has 3 N–H and O–H groups in total. The number of halogens is 1. The Morgan fingerprint density at radius 2 is 2.21 bits per heavy atom. The molecule has 7 heteroatoms. The van der Waals surface area contributed by atoms with Gasteiger partial charge in [-0.25, -0.2) is 4.68 Å². The molecule has 1 unspecified atom stereocenters. The predicted octanol–water partition coefficient (Wildman–Crippen LogP) is 3.14. The van der Waals surface area contributed by atoms with Gasteiger partial charge in [0.25, 0.3) is 0 Å². The topological polar surface area (TPSA) is 76.2 Å². The third-order valence-corrected chi connectivity index (χ3v) is 5.45. The molecule has 3 rings (SSSR count). The highest BCUT2D eigenvalue weighted by atomic mass is 35.5. The van der Waals surface area contributed by atoms with Crippen LogP contribution in [0.1, 0.15) is 17.7 Å². The van der Waals surface area contributed by atoms with E-state index in [1.807, 2.05) is 61.1 Å². The van der Waals surface area contributed by atoms with Crippen molar-refractivity contribution >= 4 is 23.2 Å². The molecule has 0 bridgehead atoms. The molecule has 0 fully saturated rings. The van der Waals surface area contributed by atoms with E-state index in [1.165, 1.54) is 0 Å². The van der Waals surface area contributed by atoms with Crippen molar-refractivity contribution in [1.82, 2.24) is 20.0 Å². The van der Waals surface area contributed by atoms with Gasteiger partial charge in [0.05, 0.1) is 22.6 Å². The van der Waals surface area contributed by atoms with Gasteiger partial charge in [0.15, 0.2) is 0 Å². The molecular formula is C22H28ClN5O. The number of benzene rings is 1. The molecule has 1 aliphatic carbocycles. The van der Waals surface area contributed by atoms with Crippen LogP contribution < -0.4 is 11.1 Å². The van der Waals surface area contributed by atoms with Gasteiger partial charge in [-0.15, -0.1) is 0 Å². The summed E-state index contributed by atoms with van der Waals surface area (Å²) < 4.78 is 1.87. The Morgan fingerprint density at radius 1 is 1.41 bits per heavy atom. The van der Waals surface area contributed by atoms with Gasteiger partial charge in [-0.3, -0.25) is 4.79 Å². The summed E-state index contributed by atoms with van der Waals surface area (Å²) in [6, 6.07) is 5.51. The van der Waals surface area contributed by atoms with Crippen molar-refractivity contribution in [2.45, 2.75) is 19.8 Å². The van der Waals surface area contributed by atoms with Gasteiger partial charge in [-0.2, -0.15) is 5.10 Å². The zero-order valence-electron chi connectivity index (χ0n) is 17.2. The standard InChI is InChI=1S/C22H28ClN5O/c1-15-18(14-26-28(15)19-7-8-21(24)20(23)13-19)12-16-5-4-6-17(11-16)22(29)25-9-10-27(2)3/h4-8,13-14,16H,9-12,24H2,1-3H3,(H,25,29). The summed E-state index contributed by atoms with van der Waals surface area (Å²) >= 11 is 6.16. The van der Waals surface area contributed by atoms with E-state index in [2.05, 4.69) is 16.5 Å². The van der Waals surface area contributed by atoms with Gasteiger partial charge < -0.3 is 16.0 Å². The van der Waals surface area contributed by atoms with Gasteiger partial charge in [0, 0.05) is 24.4 Å². The first-order valence-corrected chi connectivity index (χ1v) is 10.1. The normalized spacial score (nSPS) is 16.2. The third-order valence-electron chi connectivity index (χ3n) is 5.12. The number of allylic oxidation sites excluding steroid dienone is 3. The van der Waals surface area contributed by atoms with Gasteiger partial charge in [0.2, 0.25) is 5.91 Å². The van der Waals surface area contributed by atoms with Crippen LogP contribution >= 0.6 is 11.6 Å². The number of nitrogens with one attached hydrogen (secondary N) is 1. The second kappa shape index (κ2) is 9.29. The molecule has 6 nitrogen and oxygen atoms in total. The highest BCUT2D eigenvalue weighted by Gasteiger charge is 2.19. The lowest BCUT2D eigenvalue weighted by atomic mass is 9.89. The van der Waals surface area contributed by atoms with Gasteiger partial charge in [-0.05, 0) is 63.5 Å². The van der Waals surface area contributed by atoms with Crippen LogP contribution in [0.3, 0.4) is 0 Å². The number of aromatic nitrogens is 2. The molecule has 0 radical (unpaired) electrons. The number of anilines is 1. The van der Waals surface area contributed by atoms with Crippen LogP contribution in [0.25, 0.3) is 5.69 Å². The van der Waals surface area contributed by atoms with E-state index < -0.39 is 0 Å². The SMILES string of the molecule is Cc1c(CC2C=CC=C(C(=O)NCCN(C)C)C2)cnn1-c1ccc(N)c(Cl)c1. The van der Waals surface area contributed by atoms with E-state index in [1.54, 1.807) is 6.07 Å². The fourth-order valence-electron chi connectivity index (χ4n) is 3.40. The van der Waals surface area contributed by atoms with Crippen molar-refractivity contribution < 1.29 is 4.79 Å². The average molecular weight is 414 g/mol. The van der Waals surface area contributed by atoms with Crippen molar-refractivity contribution in [2.75, 3.05) is 32.9 Å². The van der Waals surface area contributed by atoms with Crippen molar-refractivity contribution in [1.29, 1.82) is 0 Å². The van der Waals surface area contributed by atoms with E-state index >= 15 is 0 Å². The lowest BCUT2D eigenvalue weighted by Crippen LogP contribution is -2.33. The number of amides is 1. The number of rotatable bonds is 7.